The topological polar surface area (TPSA) is 117 Å². The van der Waals surface area contributed by atoms with E-state index < -0.39 is 23.7 Å². The van der Waals surface area contributed by atoms with Crippen molar-refractivity contribution in [1.29, 1.82) is 0 Å². The van der Waals surface area contributed by atoms with E-state index >= 15 is 0 Å². The third-order valence-electron chi connectivity index (χ3n) is 5.47. The summed E-state index contributed by atoms with van der Waals surface area (Å²) in [6.07, 6.45) is -1.54. The number of aromatic nitrogens is 4. The van der Waals surface area contributed by atoms with Crippen molar-refractivity contribution in [1.82, 2.24) is 24.4 Å². The maximum Gasteiger partial charge on any atom is 0.573 e. The Balaban J connectivity index is 1.53. The second kappa shape index (κ2) is 10.8. The first kappa shape index (κ1) is 27.8. The minimum absolute atomic E-state index is 0.0351. The van der Waals surface area contributed by atoms with E-state index in [-0.39, 0.29) is 23.2 Å². The molecule has 0 spiro atoms. The number of nitrogens with one attached hydrogen (secondary N) is 1. The fourth-order valence-corrected chi connectivity index (χ4v) is 3.98. The molecule has 0 unspecified atom stereocenters. The van der Waals surface area contributed by atoms with Crippen LogP contribution in [0.3, 0.4) is 0 Å². The van der Waals surface area contributed by atoms with Crippen molar-refractivity contribution >= 4 is 40.2 Å². The van der Waals surface area contributed by atoms with Gasteiger partial charge in [-0.3, -0.25) is 0 Å². The number of nitrogens with zero attached hydrogens (tertiary/aromatic N) is 5. The number of pyridine rings is 1. The number of carbonyl (C=O) groups excluding carboxylic acids is 1. The van der Waals surface area contributed by atoms with Crippen molar-refractivity contribution < 1.29 is 32.5 Å². The highest BCUT2D eigenvalue weighted by molar-refractivity contribution is 6.32. The van der Waals surface area contributed by atoms with Gasteiger partial charge in [-0.25, -0.2) is 15.0 Å². The van der Waals surface area contributed by atoms with Crippen LogP contribution >= 0.6 is 11.6 Å². The number of anilines is 2. The molecule has 1 aromatic carbocycles. The molecule has 3 aromatic heterocycles. The van der Waals surface area contributed by atoms with E-state index in [1.807, 2.05) is 4.57 Å². The molecule has 206 valence electrons. The summed E-state index contributed by atoms with van der Waals surface area (Å²) < 4.78 is 48.8. The summed E-state index contributed by atoms with van der Waals surface area (Å²) in [5.41, 5.74) is 1.06. The number of hydrogen-bond acceptors (Lipinski definition) is 8. The van der Waals surface area contributed by atoms with E-state index in [0.29, 0.717) is 29.1 Å². The molecule has 0 saturated carbocycles. The first-order valence-electron chi connectivity index (χ1n) is 11.5. The van der Waals surface area contributed by atoms with Gasteiger partial charge in [-0.1, -0.05) is 17.7 Å². The van der Waals surface area contributed by atoms with Crippen LogP contribution in [0.15, 0.2) is 55.1 Å². The van der Waals surface area contributed by atoms with E-state index in [1.165, 1.54) is 35.6 Å². The highest BCUT2D eigenvalue weighted by Crippen LogP contribution is 2.33. The summed E-state index contributed by atoms with van der Waals surface area (Å²) >= 11 is 6.33. The molecule has 0 aliphatic carbocycles. The molecule has 0 atom stereocenters. The van der Waals surface area contributed by atoms with Crippen LogP contribution in [0.1, 0.15) is 20.8 Å². The number of halogens is 4. The van der Waals surface area contributed by atoms with Crippen molar-refractivity contribution in [3.05, 3.63) is 60.1 Å². The normalized spacial score (nSPS) is 11.9. The maximum absolute atomic E-state index is 12.5. The zero-order valence-electron chi connectivity index (χ0n) is 21.0. The molecular weight excluding hydrogens is 541 g/mol. The van der Waals surface area contributed by atoms with Gasteiger partial charge in [0.25, 0.3) is 0 Å². The molecule has 14 heteroatoms. The second-order valence-corrected chi connectivity index (χ2v) is 9.72. The Labute approximate surface area is 226 Å². The predicted molar refractivity (Wildman–Crippen MR) is 135 cm³/mol. The van der Waals surface area contributed by atoms with E-state index in [0.717, 1.165) is 12.1 Å². The van der Waals surface area contributed by atoms with Crippen molar-refractivity contribution in [2.24, 2.45) is 0 Å². The molecule has 0 fully saturated rings. The van der Waals surface area contributed by atoms with Gasteiger partial charge in [-0.05, 0) is 45.0 Å². The second-order valence-electron chi connectivity index (χ2n) is 9.31. The minimum atomic E-state index is -4.84. The fraction of sp³-hybridized carbons (Fsp3) is 0.280. The lowest BCUT2D eigenvalue weighted by Crippen LogP contribution is -2.52. The number of ether oxygens (including phenoxy) is 2. The van der Waals surface area contributed by atoms with Gasteiger partial charge in [-0.15, -0.1) is 13.2 Å². The van der Waals surface area contributed by atoms with Crippen molar-refractivity contribution in [2.45, 2.75) is 39.2 Å². The average Bonchev–Trinajstić information content (AvgIpc) is 3.23. The largest absolute Gasteiger partial charge is 0.573 e. The Morgan fingerprint density at radius 2 is 1.87 bits per heavy atom. The number of rotatable bonds is 8. The van der Waals surface area contributed by atoms with Crippen LogP contribution in [0.2, 0.25) is 5.02 Å². The SMILES string of the molecule is CC(C)(C)N(CCn1ccc2ncnc(Nc3cnc(Oc4cccc(OC(F)(F)F)c4)c(Cl)c3)c21)C(=O)[O-]. The zero-order chi connectivity index (χ0) is 28.4. The summed E-state index contributed by atoms with van der Waals surface area (Å²) in [5, 5.41) is 14.8. The molecule has 0 aliphatic rings. The summed E-state index contributed by atoms with van der Waals surface area (Å²) in [7, 11) is 0. The Morgan fingerprint density at radius 1 is 1.13 bits per heavy atom. The highest BCUT2D eigenvalue weighted by atomic mass is 35.5. The van der Waals surface area contributed by atoms with Crippen LogP contribution in [0.25, 0.3) is 11.0 Å². The van der Waals surface area contributed by atoms with Gasteiger partial charge in [0, 0.05) is 30.9 Å². The van der Waals surface area contributed by atoms with Crippen LogP contribution in [-0.4, -0.2) is 49.0 Å². The third-order valence-corrected chi connectivity index (χ3v) is 5.74. The predicted octanol–water partition coefficient (Wildman–Crippen LogP) is 5.36. The first-order valence-corrected chi connectivity index (χ1v) is 11.9. The quantitative estimate of drug-likeness (QED) is 0.304. The fourth-order valence-electron chi connectivity index (χ4n) is 3.77. The van der Waals surface area contributed by atoms with E-state index in [4.69, 9.17) is 16.3 Å². The number of alkyl halides is 3. The zero-order valence-corrected chi connectivity index (χ0v) is 21.7. The highest BCUT2D eigenvalue weighted by Gasteiger charge is 2.31. The minimum Gasteiger partial charge on any atom is -0.530 e. The molecule has 0 saturated heterocycles. The summed E-state index contributed by atoms with van der Waals surface area (Å²) in [6.45, 7) is 5.84. The van der Waals surface area contributed by atoms with Crippen molar-refractivity contribution in [3.63, 3.8) is 0 Å². The Kier molecular flexibility index (Phi) is 7.72. The number of hydrogen-bond donors (Lipinski definition) is 1. The number of carboxylic acid groups (broad SMARTS) is 1. The third kappa shape index (κ3) is 6.99. The van der Waals surface area contributed by atoms with Crippen LogP contribution in [0, 0.1) is 0 Å². The number of benzene rings is 1. The van der Waals surface area contributed by atoms with Crippen LogP contribution in [0.4, 0.5) is 29.5 Å². The van der Waals surface area contributed by atoms with Crippen LogP contribution < -0.4 is 19.9 Å². The van der Waals surface area contributed by atoms with Gasteiger partial charge in [0.2, 0.25) is 5.88 Å². The molecule has 10 nitrogen and oxygen atoms in total. The number of carbonyl (C=O) groups is 1. The van der Waals surface area contributed by atoms with E-state index in [2.05, 4.69) is 25.0 Å². The van der Waals surface area contributed by atoms with E-state index in [9.17, 15) is 23.1 Å². The standard InChI is InChI=1S/C25H24ClF3N6O4/c1-24(2,3)35(23(36)37)10-9-34-8-7-19-20(34)21(32-14-31-19)33-15-11-18(26)22(30-13-15)38-16-5-4-6-17(12-16)39-25(27,28)29/h4-8,11-14H,9-10H2,1-3H3,(H,36,37)(H,31,32,33)/p-1. The Morgan fingerprint density at radius 3 is 2.54 bits per heavy atom. The molecule has 1 amide bonds. The molecule has 4 rings (SSSR count). The van der Waals surface area contributed by atoms with Crippen LogP contribution in [-0.2, 0) is 6.54 Å². The molecule has 3 heterocycles. The van der Waals surface area contributed by atoms with E-state index in [1.54, 1.807) is 33.0 Å². The molecule has 4 aromatic rings. The van der Waals surface area contributed by atoms with Crippen molar-refractivity contribution in [3.8, 4) is 17.4 Å². The lowest BCUT2D eigenvalue weighted by Gasteiger charge is -2.38. The van der Waals surface area contributed by atoms with Crippen molar-refractivity contribution in [2.75, 3.05) is 11.9 Å². The monoisotopic (exact) mass is 563 g/mol. The Hall–Kier alpha value is -4.26. The summed E-state index contributed by atoms with van der Waals surface area (Å²) in [5.74, 6) is -0.0186. The molecular formula is C25H23ClF3N6O4-. The van der Waals surface area contributed by atoms with Gasteiger partial charge in [0.15, 0.2) is 5.82 Å². The average molecular weight is 564 g/mol. The maximum atomic E-state index is 12.5. The molecule has 0 bridgehead atoms. The van der Waals surface area contributed by atoms with Crippen LogP contribution in [0.5, 0.6) is 17.4 Å². The van der Waals surface area contributed by atoms with Gasteiger partial charge < -0.3 is 34.2 Å². The molecule has 1 N–H and O–H groups in total. The Bertz CT molecular complexity index is 1490. The first-order chi connectivity index (χ1) is 18.3. The van der Waals surface area contributed by atoms with Gasteiger partial charge in [-0.2, -0.15) is 0 Å². The number of fused-ring (bicyclic) bond motifs is 1. The molecule has 39 heavy (non-hydrogen) atoms. The number of amides is 1. The summed E-state index contributed by atoms with van der Waals surface area (Å²) in [6, 6.07) is 8.26. The van der Waals surface area contributed by atoms with Gasteiger partial charge in [0.1, 0.15) is 34.5 Å². The van der Waals surface area contributed by atoms with Gasteiger partial charge in [0.05, 0.1) is 17.4 Å². The van der Waals surface area contributed by atoms with Gasteiger partial charge >= 0.3 is 6.36 Å². The lowest BCUT2D eigenvalue weighted by atomic mass is 10.1. The summed E-state index contributed by atoms with van der Waals surface area (Å²) in [4.78, 5) is 25.6. The lowest BCUT2D eigenvalue weighted by molar-refractivity contribution is -0.274. The molecule has 0 radical (unpaired) electrons. The molecule has 0 aliphatic heterocycles. The smallest absolute Gasteiger partial charge is 0.530 e.